The van der Waals surface area contributed by atoms with E-state index >= 15 is 0 Å². The average Bonchev–Trinajstić information content (AvgIpc) is 2.35. The molecule has 0 aliphatic heterocycles. The van der Waals surface area contributed by atoms with Crippen LogP contribution in [0.2, 0.25) is 0 Å². The van der Waals surface area contributed by atoms with Crippen molar-refractivity contribution in [3.05, 3.63) is 35.9 Å². The van der Waals surface area contributed by atoms with Gasteiger partial charge in [-0.25, -0.2) is 9.59 Å². The maximum absolute atomic E-state index is 13.5. The minimum atomic E-state index is -5.22. The molecule has 1 rings (SSSR count). The number of carbonyl (C=O) groups excluding carboxylic acids is 1. The van der Waals surface area contributed by atoms with Gasteiger partial charge in [0.25, 0.3) is 0 Å². The lowest BCUT2D eigenvalue weighted by molar-refractivity contribution is -0.208. The summed E-state index contributed by atoms with van der Waals surface area (Å²) in [4.78, 5) is 23.1. The maximum Gasteiger partial charge on any atom is 0.422 e. The number of hydrogen-bond donors (Lipinski definition) is 2. The molecule has 0 aliphatic carbocycles. The van der Waals surface area contributed by atoms with Gasteiger partial charge in [0.1, 0.15) is 5.60 Å². The zero-order valence-electron chi connectivity index (χ0n) is 12.9. The van der Waals surface area contributed by atoms with Gasteiger partial charge in [0.05, 0.1) is 0 Å². The van der Waals surface area contributed by atoms with Crippen molar-refractivity contribution >= 4 is 12.1 Å². The minimum Gasteiger partial charge on any atom is -0.479 e. The summed E-state index contributed by atoms with van der Waals surface area (Å²) in [6.45, 7) is 4.37. The molecule has 0 bridgehead atoms. The fourth-order valence-electron chi connectivity index (χ4n) is 1.85. The normalized spacial score (nSPS) is 14.7. The number of ether oxygens (including phenoxy) is 1. The van der Waals surface area contributed by atoms with E-state index in [4.69, 9.17) is 4.74 Å². The molecule has 0 saturated heterocycles. The number of carbonyl (C=O) groups is 2. The fraction of sp³-hybridized carbons (Fsp3) is 0.467. The molecule has 5 nitrogen and oxygen atoms in total. The summed E-state index contributed by atoms with van der Waals surface area (Å²) in [5.74, 6) is -2.21. The SMILES string of the molecule is CC(C)(C)OC(=O)N[C@@](Cc1ccccc1)(C(=O)O)C(F)(F)F. The van der Waals surface area contributed by atoms with Crippen molar-refractivity contribution in [2.24, 2.45) is 0 Å². The summed E-state index contributed by atoms with van der Waals surface area (Å²) in [5, 5.41) is 10.7. The van der Waals surface area contributed by atoms with Gasteiger partial charge in [-0.15, -0.1) is 0 Å². The molecule has 0 heterocycles. The van der Waals surface area contributed by atoms with Crippen LogP contribution >= 0.6 is 0 Å². The molecule has 2 N–H and O–H groups in total. The number of carboxylic acid groups (broad SMARTS) is 1. The van der Waals surface area contributed by atoms with E-state index in [0.29, 0.717) is 0 Å². The first-order valence-electron chi connectivity index (χ1n) is 6.72. The van der Waals surface area contributed by atoms with E-state index < -0.39 is 35.8 Å². The highest BCUT2D eigenvalue weighted by Gasteiger charge is 2.62. The second-order valence-corrected chi connectivity index (χ2v) is 6.00. The van der Waals surface area contributed by atoms with Crippen LogP contribution in [0.15, 0.2) is 30.3 Å². The summed E-state index contributed by atoms with van der Waals surface area (Å²) in [6, 6.07) is 7.23. The third kappa shape index (κ3) is 4.87. The quantitative estimate of drug-likeness (QED) is 0.887. The molecule has 128 valence electrons. The molecule has 8 heteroatoms. The van der Waals surface area contributed by atoms with Gasteiger partial charge >= 0.3 is 18.2 Å². The Kier molecular flexibility index (Phi) is 5.29. The molecule has 1 aromatic carbocycles. The number of amides is 1. The number of aliphatic carboxylic acids is 1. The van der Waals surface area contributed by atoms with Gasteiger partial charge in [0, 0.05) is 6.42 Å². The molecule has 0 fully saturated rings. The minimum absolute atomic E-state index is 0.114. The Morgan fingerprint density at radius 1 is 1.13 bits per heavy atom. The zero-order valence-corrected chi connectivity index (χ0v) is 12.9. The Morgan fingerprint density at radius 3 is 2.04 bits per heavy atom. The molecule has 23 heavy (non-hydrogen) atoms. The van der Waals surface area contributed by atoms with Crippen LogP contribution in [0.1, 0.15) is 26.3 Å². The zero-order chi connectivity index (χ0) is 17.9. The predicted molar refractivity (Wildman–Crippen MR) is 75.9 cm³/mol. The van der Waals surface area contributed by atoms with Crippen LogP contribution in [0.4, 0.5) is 18.0 Å². The van der Waals surface area contributed by atoms with Gasteiger partial charge in [-0.05, 0) is 26.3 Å². The number of alkyl halides is 3. The molecular weight excluding hydrogens is 315 g/mol. The molecule has 1 amide bonds. The van der Waals surface area contributed by atoms with Gasteiger partial charge in [-0.2, -0.15) is 13.2 Å². The van der Waals surface area contributed by atoms with Crippen LogP contribution in [-0.4, -0.2) is 34.5 Å². The van der Waals surface area contributed by atoms with Crippen molar-refractivity contribution in [2.45, 2.75) is 44.5 Å². The first kappa shape index (κ1) is 18.8. The lowest BCUT2D eigenvalue weighted by Crippen LogP contribution is -2.65. The van der Waals surface area contributed by atoms with Crippen LogP contribution in [0.3, 0.4) is 0 Å². The van der Waals surface area contributed by atoms with Gasteiger partial charge in [0.15, 0.2) is 0 Å². The fourth-order valence-corrected chi connectivity index (χ4v) is 1.85. The van der Waals surface area contributed by atoms with E-state index in [1.165, 1.54) is 50.4 Å². The molecule has 0 aromatic heterocycles. The molecule has 0 spiro atoms. The maximum atomic E-state index is 13.5. The smallest absolute Gasteiger partial charge is 0.422 e. The van der Waals surface area contributed by atoms with E-state index in [-0.39, 0.29) is 5.56 Å². The van der Waals surface area contributed by atoms with E-state index in [9.17, 15) is 27.9 Å². The summed E-state index contributed by atoms with van der Waals surface area (Å²) in [7, 11) is 0. The van der Waals surface area contributed by atoms with Crippen LogP contribution in [0.25, 0.3) is 0 Å². The first-order chi connectivity index (χ1) is 10.4. The molecule has 1 atom stereocenters. The number of carboxylic acids is 1. The van der Waals surface area contributed by atoms with Crippen LogP contribution in [-0.2, 0) is 16.0 Å². The number of halogens is 3. The largest absolute Gasteiger partial charge is 0.479 e. The lowest BCUT2D eigenvalue weighted by Gasteiger charge is -2.33. The number of alkyl carbamates (subject to hydrolysis) is 1. The van der Waals surface area contributed by atoms with Crippen molar-refractivity contribution in [3.63, 3.8) is 0 Å². The summed E-state index contributed by atoms with van der Waals surface area (Å²) in [5.41, 5.74) is -4.42. The van der Waals surface area contributed by atoms with Crippen molar-refractivity contribution in [2.75, 3.05) is 0 Å². The van der Waals surface area contributed by atoms with Gasteiger partial charge in [-0.3, -0.25) is 5.32 Å². The number of nitrogens with one attached hydrogen (secondary N) is 1. The Labute approximate surface area is 131 Å². The lowest BCUT2D eigenvalue weighted by atomic mass is 9.90. The Morgan fingerprint density at radius 2 is 1.65 bits per heavy atom. The van der Waals surface area contributed by atoms with Crippen molar-refractivity contribution in [1.82, 2.24) is 5.32 Å². The molecule has 0 radical (unpaired) electrons. The third-order valence-corrected chi connectivity index (χ3v) is 2.88. The van der Waals surface area contributed by atoms with Crippen molar-refractivity contribution in [3.8, 4) is 0 Å². The standard InChI is InChI=1S/C15H18F3NO4/c1-13(2,3)23-12(22)19-14(11(20)21,15(16,17)18)9-10-7-5-4-6-8-10/h4-8H,9H2,1-3H3,(H,19,22)(H,20,21)/t14-/m0/s1. The van der Waals surface area contributed by atoms with Crippen LogP contribution in [0, 0.1) is 0 Å². The van der Waals surface area contributed by atoms with Crippen molar-refractivity contribution in [1.29, 1.82) is 0 Å². The topological polar surface area (TPSA) is 75.6 Å². The Hall–Kier alpha value is -2.25. The second-order valence-electron chi connectivity index (χ2n) is 6.00. The van der Waals surface area contributed by atoms with E-state index in [1.54, 1.807) is 6.07 Å². The predicted octanol–water partition coefficient (Wildman–Crippen LogP) is 3.14. The van der Waals surface area contributed by atoms with Crippen LogP contribution < -0.4 is 5.32 Å². The van der Waals surface area contributed by atoms with Gasteiger partial charge < -0.3 is 9.84 Å². The Balaban J connectivity index is 3.20. The van der Waals surface area contributed by atoms with Gasteiger partial charge in [-0.1, -0.05) is 30.3 Å². The Bertz CT molecular complexity index is 566. The second kappa shape index (κ2) is 6.47. The number of benzene rings is 1. The monoisotopic (exact) mass is 333 g/mol. The van der Waals surface area contributed by atoms with Gasteiger partial charge in [0.2, 0.25) is 5.54 Å². The summed E-state index contributed by atoms with van der Waals surface area (Å²) in [6.07, 6.45) is -7.62. The first-order valence-corrected chi connectivity index (χ1v) is 6.72. The number of hydrogen-bond acceptors (Lipinski definition) is 3. The average molecular weight is 333 g/mol. The summed E-state index contributed by atoms with van der Waals surface area (Å²) >= 11 is 0. The van der Waals surface area contributed by atoms with Crippen LogP contribution in [0.5, 0.6) is 0 Å². The molecular formula is C15H18F3NO4. The van der Waals surface area contributed by atoms with E-state index in [1.807, 2.05) is 0 Å². The molecule has 0 saturated carbocycles. The summed E-state index contributed by atoms with van der Waals surface area (Å²) < 4.78 is 45.1. The highest BCUT2D eigenvalue weighted by molar-refractivity contribution is 5.86. The molecule has 0 unspecified atom stereocenters. The van der Waals surface area contributed by atoms with Crippen molar-refractivity contribution < 1.29 is 32.6 Å². The highest BCUT2D eigenvalue weighted by atomic mass is 19.4. The van der Waals surface area contributed by atoms with E-state index in [2.05, 4.69) is 0 Å². The highest BCUT2D eigenvalue weighted by Crippen LogP contribution is 2.34. The third-order valence-electron chi connectivity index (χ3n) is 2.88. The number of rotatable bonds is 4. The van der Waals surface area contributed by atoms with E-state index in [0.717, 1.165) is 0 Å². The molecule has 0 aliphatic rings. The molecule has 1 aromatic rings.